The molecular formula is C26H54LiNO2. The van der Waals surface area contributed by atoms with Crippen LogP contribution in [0.15, 0.2) is 0 Å². The molecule has 0 aromatic carbocycles. The molecule has 0 amide bonds. The number of hydrogen-bond donors (Lipinski definition) is 1. The van der Waals surface area contributed by atoms with Crippen molar-refractivity contribution < 1.29 is 9.90 Å². The van der Waals surface area contributed by atoms with Crippen LogP contribution in [0.5, 0.6) is 0 Å². The van der Waals surface area contributed by atoms with Gasteiger partial charge in [-0.05, 0) is 25.9 Å². The van der Waals surface area contributed by atoms with Crippen molar-refractivity contribution in [1.82, 2.24) is 4.90 Å². The van der Waals surface area contributed by atoms with Crippen LogP contribution in [0.25, 0.3) is 0 Å². The van der Waals surface area contributed by atoms with Gasteiger partial charge in [-0.2, -0.15) is 0 Å². The van der Waals surface area contributed by atoms with Crippen LogP contribution < -0.4 is 0 Å². The van der Waals surface area contributed by atoms with E-state index in [0.717, 1.165) is 25.9 Å². The first kappa shape index (κ1) is 32.2. The summed E-state index contributed by atoms with van der Waals surface area (Å²) in [5.41, 5.74) is 0. The summed E-state index contributed by atoms with van der Waals surface area (Å²) in [7, 11) is 0. The fourth-order valence-corrected chi connectivity index (χ4v) is 4.11. The molecule has 0 rings (SSSR count). The van der Waals surface area contributed by atoms with Gasteiger partial charge in [-0.15, -0.1) is 0 Å². The van der Waals surface area contributed by atoms with Crippen LogP contribution in [0.4, 0.5) is 0 Å². The molecule has 0 aromatic heterocycles. The molecule has 0 fully saturated rings. The summed E-state index contributed by atoms with van der Waals surface area (Å²) in [5, 5.41) is 9.16. The third-order valence-corrected chi connectivity index (χ3v) is 6.01. The van der Waals surface area contributed by atoms with E-state index in [1.165, 1.54) is 116 Å². The molecule has 0 saturated carbocycles. The fraction of sp³-hybridized carbons (Fsp3) is 0.962. The molecule has 0 aliphatic rings. The molecule has 0 aliphatic heterocycles. The number of unbranched alkanes of at least 4 members (excludes halogenated alkanes) is 18. The standard InChI is InChI=1S/C26H53NO2.Li.H/c1-3-5-7-9-11-13-15-17-19-21-23-27(25-26(28)29)24-22-20-18-16-14-12-10-8-6-4-2;;/h3-25H2,1-2H3,(H,28,29);;. The Kier molecular flexibility index (Phi) is 29.1. The van der Waals surface area contributed by atoms with Crippen molar-refractivity contribution >= 4 is 24.8 Å². The molecular weight excluding hydrogens is 365 g/mol. The number of carbonyl (C=O) groups is 1. The maximum absolute atomic E-state index is 11.1. The number of rotatable bonds is 24. The zero-order valence-corrected chi connectivity index (χ0v) is 20.1. The number of aliphatic carboxylic acids is 1. The normalized spacial score (nSPS) is 11.0. The van der Waals surface area contributed by atoms with E-state index in [2.05, 4.69) is 18.7 Å². The predicted octanol–water partition coefficient (Wildman–Crippen LogP) is 7.57. The maximum atomic E-state index is 11.1. The SMILES string of the molecule is CCCCCCCCCCCCN(CCCCCCCCCCCC)CC(=O)O.[LiH]. The summed E-state index contributed by atoms with van der Waals surface area (Å²) >= 11 is 0. The number of carboxylic acids is 1. The molecule has 0 bridgehead atoms. The summed E-state index contributed by atoms with van der Waals surface area (Å²) in [5.74, 6) is -0.677. The van der Waals surface area contributed by atoms with Gasteiger partial charge in [0.25, 0.3) is 0 Å². The van der Waals surface area contributed by atoms with Crippen molar-refractivity contribution in [2.45, 2.75) is 142 Å². The number of nitrogens with zero attached hydrogens (tertiary/aromatic N) is 1. The van der Waals surface area contributed by atoms with Gasteiger partial charge in [-0.3, -0.25) is 9.69 Å². The third-order valence-electron chi connectivity index (χ3n) is 6.01. The van der Waals surface area contributed by atoms with Crippen molar-refractivity contribution in [3.8, 4) is 0 Å². The van der Waals surface area contributed by atoms with E-state index in [0.29, 0.717) is 0 Å². The monoisotopic (exact) mass is 419 g/mol. The van der Waals surface area contributed by atoms with Gasteiger partial charge >= 0.3 is 24.8 Å². The van der Waals surface area contributed by atoms with Crippen molar-refractivity contribution in [3.05, 3.63) is 0 Å². The molecule has 4 heteroatoms. The molecule has 0 heterocycles. The average molecular weight is 420 g/mol. The summed E-state index contributed by atoms with van der Waals surface area (Å²) in [6.45, 7) is 6.67. The summed E-state index contributed by atoms with van der Waals surface area (Å²) < 4.78 is 0. The zero-order valence-electron chi connectivity index (χ0n) is 20.1. The van der Waals surface area contributed by atoms with E-state index in [1.807, 2.05) is 0 Å². The van der Waals surface area contributed by atoms with Gasteiger partial charge < -0.3 is 5.11 Å². The fourth-order valence-electron chi connectivity index (χ4n) is 4.11. The molecule has 0 spiro atoms. The van der Waals surface area contributed by atoms with Crippen molar-refractivity contribution in [3.63, 3.8) is 0 Å². The van der Waals surface area contributed by atoms with Crippen molar-refractivity contribution in [2.24, 2.45) is 0 Å². The van der Waals surface area contributed by atoms with Gasteiger partial charge in [0.15, 0.2) is 0 Å². The molecule has 30 heavy (non-hydrogen) atoms. The van der Waals surface area contributed by atoms with Crippen LogP contribution in [0, 0.1) is 0 Å². The molecule has 3 nitrogen and oxygen atoms in total. The Labute approximate surface area is 201 Å². The topological polar surface area (TPSA) is 40.5 Å². The second-order valence-corrected chi connectivity index (χ2v) is 9.03. The van der Waals surface area contributed by atoms with Crippen LogP contribution in [-0.4, -0.2) is 54.5 Å². The third kappa shape index (κ3) is 26.1. The van der Waals surface area contributed by atoms with Crippen LogP contribution >= 0.6 is 0 Å². The summed E-state index contributed by atoms with van der Waals surface area (Å²) in [4.78, 5) is 13.3. The van der Waals surface area contributed by atoms with Gasteiger partial charge in [-0.25, -0.2) is 0 Å². The van der Waals surface area contributed by atoms with Gasteiger partial charge in [-0.1, -0.05) is 129 Å². The Bertz CT molecular complexity index is 315. The molecule has 0 saturated heterocycles. The Hall–Kier alpha value is 0.0274. The van der Waals surface area contributed by atoms with Crippen molar-refractivity contribution in [1.29, 1.82) is 0 Å². The minimum atomic E-state index is -0.677. The van der Waals surface area contributed by atoms with E-state index < -0.39 is 5.97 Å². The summed E-state index contributed by atoms with van der Waals surface area (Å²) in [6.07, 6.45) is 26.7. The van der Waals surface area contributed by atoms with Crippen LogP contribution in [0.3, 0.4) is 0 Å². The van der Waals surface area contributed by atoms with Gasteiger partial charge in [0.2, 0.25) is 0 Å². The molecule has 0 atom stereocenters. The van der Waals surface area contributed by atoms with E-state index in [9.17, 15) is 4.79 Å². The molecule has 0 unspecified atom stereocenters. The summed E-state index contributed by atoms with van der Waals surface area (Å²) in [6, 6.07) is 0. The molecule has 0 aliphatic carbocycles. The zero-order chi connectivity index (χ0) is 21.4. The first-order valence-corrected chi connectivity index (χ1v) is 13.1. The van der Waals surface area contributed by atoms with Crippen LogP contribution in [0.1, 0.15) is 142 Å². The van der Waals surface area contributed by atoms with Crippen LogP contribution in [-0.2, 0) is 4.79 Å². The first-order chi connectivity index (χ1) is 14.2. The Morgan fingerprint density at radius 1 is 0.533 bits per heavy atom. The van der Waals surface area contributed by atoms with E-state index in [4.69, 9.17) is 5.11 Å². The second-order valence-electron chi connectivity index (χ2n) is 9.03. The minimum absolute atomic E-state index is 0. The number of hydrogen-bond acceptors (Lipinski definition) is 2. The number of carboxylic acid groups (broad SMARTS) is 1. The molecule has 0 radical (unpaired) electrons. The Morgan fingerprint density at radius 2 is 0.800 bits per heavy atom. The van der Waals surface area contributed by atoms with E-state index in [1.54, 1.807) is 0 Å². The molecule has 0 aromatic rings. The average Bonchev–Trinajstić information content (AvgIpc) is 2.70. The molecule has 1 N–H and O–H groups in total. The van der Waals surface area contributed by atoms with Crippen molar-refractivity contribution in [2.75, 3.05) is 19.6 Å². The van der Waals surface area contributed by atoms with Gasteiger partial charge in [0.05, 0.1) is 6.54 Å². The molecule has 176 valence electrons. The predicted molar refractivity (Wildman–Crippen MR) is 135 cm³/mol. The van der Waals surface area contributed by atoms with Gasteiger partial charge in [0, 0.05) is 0 Å². The quantitative estimate of drug-likeness (QED) is 0.130. The Morgan fingerprint density at radius 3 is 1.07 bits per heavy atom. The van der Waals surface area contributed by atoms with Crippen LogP contribution in [0.2, 0.25) is 0 Å². The second kappa shape index (κ2) is 27.1. The Balaban J connectivity index is 0. The van der Waals surface area contributed by atoms with E-state index >= 15 is 0 Å². The van der Waals surface area contributed by atoms with E-state index in [-0.39, 0.29) is 25.4 Å². The van der Waals surface area contributed by atoms with Gasteiger partial charge in [0.1, 0.15) is 0 Å². The first-order valence-electron chi connectivity index (χ1n) is 13.1.